The van der Waals surface area contributed by atoms with E-state index in [9.17, 15) is 10.2 Å². The third-order valence-corrected chi connectivity index (χ3v) is 11.1. The van der Waals surface area contributed by atoms with Gasteiger partial charge in [-0.3, -0.25) is 0 Å². The highest BCUT2D eigenvalue weighted by atomic mass is 16.3. The van der Waals surface area contributed by atoms with Gasteiger partial charge in [0.15, 0.2) is 0 Å². The van der Waals surface area contributed by atoms with E-state index in [0.29, 0.717) is 22.7 Å². The van der Waals surface area contributed by atoms with E-state index >= 15 is 0 Å². The summed E-state index contributed by atoms with van der Waals surface area (Å²) in [4.78, 5) is 0. The van der Waals surface area contributed by atoms with E-state index in [1.165, 1.54) is 64.2 Å². The molecule has 0 aromatic rings. The third kappa shape index (κ3) is 3.73. The Balaban J connectivity index is 1.47. The molecule has 4 rings (SSSR count). The maximum absolute atomic E-state index is 10.9. The number of aliphatic hydroxyl groups is 2. The zero-order valence-electron chi connectivity index (χ0n) is 19.7. The van der Waals surface area contributed by atoms with Crippen LogP contribution in [0.2, 0.25) is 0 Å². The summed E-state index contributed by atoms with van der Waals surface area (Å²) in [5, 5.41) is 21.2. The van der Waals surface area contributed by atoms with Crippen molar-refractivity contribution in [2.75, 3.05) is 0 Å². The number of unbranched alkanes of at least 4 members (excludes halogenated alkanes) is 2. The van der Waals surface area contributed by atoms with Crippen molar-refractivity contribution < 1.29 is 10.2 Å². The van der Waals surface area contributed by atoms with Crippen molar-refractivity contribution in [3.8, 4) is 0 Å². The summed E-state index contributed by atoms with van der Waals surface area (Å²) in [6, 6.07) is 0. The highest BCUT2D eigenvalue weighted by Gasteiger charge is 2.60. The Labute approximate surface area is 180 Å². The van der Waals surface area contributed by atoms with Gasteiger partial charge in [-0.15, -0.1) is 0 Å². The van der Waals surface area contributed by atoms with E-state index in [1.807, 2.05) is 0 Å². The number of fused-ring (bicyclic) bond motifs is 5. The van der Waals surface area contributed by atoms with E-state index in [1.54, 1.807) is 0 Å². The first-order chi connectivity index (χ1) is 13.8. The molecular weight excluding hydrogens is 356 g/mol. The molecule has 0 aliphatic heterocycles. The molecule has 0 saturated heterocycles. The highest BCUT2D eigenvalue weighted by Crippen LogP contribution is 2.68. The molecule has 0 radical (unpaired) electrons. The van der Waals surface area contributed by atoms with Gasteiger partial charge >= 0.3 is 0 Å². The van der Waals surface area contributed by atoms with Crippen LogP contribution in [0.5, 0.6) is 0 Å². The van der Waals surface area contributed by atoms with E-state index in [2.05, 4.69) is 27.7 Å². The fourth-order valence-corrected chi connectivity index (χ4v) is 9.27. The normalized spacial score (nSPS) is 49.0. The smallest absolute Gasteiger partial charge is 0.0568 e. The standard InChI is InChI=1S/C27H48O2/c1-5-6-7-8-25(29)18(2)22-11-12-23-21-10-9-19-17-20(28)13-15-26(19,3)24(21)14-16-27(22,23)4/h18-25,28-29H,5-17H2,1-4H3/t18?,19?,20?,21-,22+,23-,24-,25?,26-,27+/m0/s1. The summed E-state index contributed by atoms with van der Waals surface area (Å²) >= 11 is 0. The van der Waals surface area contributed by atoms with Crippen LogP contribution in [0, 0.1) is 46.3 Å². The van der Waals surface area contributed by atoms with Gasteiger partial charge in [-0.25, -0.2) is 0 Å². The molecule has 10 atom stereocenters. The van der Waals surface area contributed by atoms with Gasteiger partial charge in [-0.05, 0) is 111 Å². The average Bonchev–Trinajstić information content (AvgIpc) is 3.05. The van der Waals surface area contributed by atoms with Crippen molar-refractivity contribution in [1.29, 1.82) is 0 Å². The fraction of sp³-hybridized carbons (Fsp3) is 1.00. The Bertz CT molecular complexity index is 561. The summed E-state index contributed by atoms with van der Waals surface area (Å²) in [5.74, 6) is 4.59. The van der Waals surface area contributed by atoms with Crippen LogP contribution in [0.25, 0.3) is 0 Å². The van der Waals surface area contributed by atoms with E-state index < -0.39 is 0 Å². The van der Waals surface area contributed by atoms with Crippen molar-refractivity contribution in [1.82, 2.24) is 0 Å². The van der Waals surface area contributed by atoms with E-state index in [-0.39, 0.29) is 12.2 Å². The van der Waals surface area contributed by atoms with Crippen LogP contribution >= 0.6 is 0 Å². The summed E-state index contributed by atoms with van der Waals surface area (Å²) in [6.07, 6.45) is 16.1. The topological polar surface area (TPSA) is 40.5 Å². The molecular formula is C27H48O2. The first kappa shape index (κ1) is 22.1. The zero-order chi connectivity index (χ0) is 20.8. The predicted octanol–water partition coefficient (Wildman–Crippen LogP) is 6.58. The van der Waals surface area contributed by atoms with Crippen molar-refractivity contribution in [3.63, 3.8) is 0 Å². The second-order valence-electron chi connectivity index (χ2n) is 12.2. The van der Waals surface area contributed by atoms with Gasteiger partial charge in [0.25, 0.3) is 0 Å². The summed E-state index contributed by atoms with van der Waals surface area (Å²) < 4.78 is 0. The van der Waals surface area contributed by atoms with Crippen molar-refractivity contribution >= 4 is 0 Å². The lowest BCUT2D eigenvalue weighted by atomic mass is 9.44. The molecule has 0 aromatic carbocycles. The summed E-state index contributed by atoms with van der Waals surface area (Å²) in [6.45, 7) is 9.82. The SMILES string of the molecule is CCCCCC(O)C(C)[C@H]1CC[C@H]2[C@@H]3CCC4CC(O)CC[C@]4(C)[C@H]3CC[C@]12C. The highest BCUT2D eigenvalue weighted by molar-refractivity contribution is 5.10. The molecule has 4 unspecified atom stereocenters. The van der Waals surface area contributed by atoms with Gasteiger partial charge in [0.2, 0.25) is 0 Å². The first-order valence-corrected chi connectivity index (χ1v) is 13.2. The lowest BCUT2D eigenvalue weighted by molar-refractivity contribution is -0.132. The Morgan fingerprint density at radius 2 is 1.62 bits per heavy atom. The van der Waals surface area contributed by atoms with Gasteiger partial charge in [-0.2, -0.15) is 0 Å². The number of rotatable bonds is 6. The molecule has 0 amide bonds. The van der Waals surface area contributed by atoms with Crippen LogP contribution in [0.3, 0.4) is 0 Å². The van der Waals surface area contributed by atoms with Crippen LogP contribution in [-0.4, -0.2) is 22.4 Å². The van der Waals surface area contributed by atoms with Crippen LogP contribution in [0.4, 0.5) is 0 Å². The zero-order valence-corrected chi connectivity index (χ0v) is 19.7. The lowest BCUT2D eigenvalue weighted by Gasteiger charge is -2.61. The van der Waals surface area contributed by atoms with Gasteiger partial charge in [0.1, 0.15) is 0 Å². The van der Waals surface area contributed by atoms with Crippen LogP contribution < -0.4 is 0 Å². The molecule has 4 aliphatic carbocycles. The van der Waals surface area contributed by atoms with Crippen LogP contribution in [0.1, 0.15) is 111 Å². The van der Waals surface area contributed by atoms with Crippen LogP contribution in [0.15, 0.2) is 0 Å². The number of hydrogen-bond acceptors (Lipinski definition) is 2. The van der Waals surface area contributed by atoms with Gasteiger partial charge < -0.3 is 10.2 Å². The quantitative estimate of drug-likeness (QED) is 0.491. The Hall–Kier alpha value is -0.0800. The summed E-state index contributed by atoms with van der Waals surface area (Å²) in [5.41, 5.74) is 0.927. The molecule has 4 fully saturated rings. The molecule has 2 heteroatoms. The molecule has 4 saturated carbocycles. The average molecular weight is 405 g/mol. The fourth-order valence-electron chi connectivity index (χ4n) is 9.27. The van der Waals surface area contributed by atoms with Gasteiger partial charge in [0.05, 0.1) is 12.2 Å². The van der Waals surface area contributed by atoms with Crippen molar-refractivity contribution in [3.05, 3.63) is 0 Å². The Kier molecular flexibility index (Phi) is 6.45. The molecule has 0 heterocycles. The molecule has 168 valence electrons. The molecule has 29 heavy (non-hydrogen) atoms. The largest absolute Gasteiger partial charge is 0.393 e. The Morgan fingerprint density at radius 1 is 0.897 bits per heavy atom. The third-order valence-electron chi connectivity index (χ3n) is 11.1. The monoisotopic (exact) mass is 404 g/mol. The minimum Gasteiger partial charge on any atom is -0.393 e. The number of hydrogen-bond donors (Lipinski definition) is 2. The van der Waals surface area contributed by atoms with E-state index in [4.69, 9.17) is 0 Å². The van der Waals surface area contributed by atoms with Crippen molar-refractivity contribution in [2.24, 2.45) is 46.3 Å². The first-order valence-electron chi connectivity index (χ1n) is 13.2. The second-order valence-corrected chi connectivity index (χ2v) is 12.2. The minimum absolute atomic E-state index is 0.0376. The molecule has 0 spiro atoms. The molecule has 2 N–H and O–H groups in total. The number of aliphatic hydroxyl groups excluding tert-OH is 2. The van der Waals surface area contributed by atoms with Crippen molar-refractivity contribution in [2.45, 2.75) is 123 Å². The molecule has 4 aliphatic rings. The predicted molar refractivity (Wildman–Crippen MR) is 121 cm³/mol. The maximum Gasteiger partial charge on any atom is 0.0568 e. The molecule has 0 aromatic heterocycles. The van der Waals surface area contributed by atoms with E-state index in [0.717, 1.165) is 42.9 Å². The van der Waals surface area contributed by atoms with Gasteiger partial charge in [0, 0.05) is 0 Å². The maximum atomic E-state index is 10.9. The Morgan fingerprint density at radius 3 is 2.38 bits per heavy atom. The molecule has 2 nitrogen and oxygen atoms in total. The molecule has 0 bridgehead atoms. The van der Waals surface area contributed by atoms with Gasteiger partial charge in [-0.1, -0.05) is 47.0 Å². The lowest BCUT2D eigenvalue weighted by Crippen LogP contribution is -2.54. The van der Waals surface area contributed by atoms with Crippen LogP contribution in [-0.2, 0) is 0 Å². The summed E-state index contributed by atoms with van der Waals surface area (Å²) in [7, 11) is 0. The minimum atomic E-state index is -0.104. The second kappa shape index (κ2) is 8.45.